The number of halogens is 3. The van der Waals surface area contributed by atoms with Crippen molar-refractivity contribution < 1.29 is 13.2 Å². The smallest absolute Gasteiger partial charge is 0.341 e. The van der Waals surface area contributed by atoms with E-state index in [9.17, 15) is 13.2 Å². The van der Waals surface area contributed by atoms with E-state index in [2.05, 4.69) is 9.97 Å². The second-order valence-electron chi connectivity index (χ2n) is 4.76. The summed E-state index contributed by atoms with van der Waals surface area (Å²) >= 11 is 0. The highest BCUT2D eigenvalue weighted by atomic mass is 19.4. The quantitative estimate of drug-likeness (QED) is 0.895. The van der Waals surface area contributed by atoms with Crippen LogP contribution in [-0.2, 0) is 6.18 Å². The van der Waals surface area contributed by atoms with Gasteiger partial charge in [-0.05, 0) is 24.1 Å². The number of fused-ring (bicyclic) bond motifs is 1. The second kappa shape index (κ2) is 4.85. The Hall–Kier alpha value is -1.56. The first-order valence-corrected chi connectivity index (χ1v) is 6.15. The van der Waals surface area contributed by atoms with E-state index in [-0.39, 0.29) is 12.0 Å². The van der Waals surface area contributed by atoms with Gasteiger partial charge in [0.05, 0.1) is 22.6 Å². The first kappa shape index (κ1) is 13.9. The summed E-state index contributed by atoms with van der Waals surface area (Å²) in [6.07, 6.45) is -3.47. The van der Waals surface area contributed by atoms with Crippen molar-refractivity contribution in [3.05, 3.63) is 29.6 Å². The van der Waals surface area contributed by atoms with Crippen molar-refractivity contribution in [2.75, 3.05) is 0 Å². The lowest BCUT2D eigenvalue weighted by molar-refractivity contribution is -0.137. The molecule has 0 spiro atoms. The molecule has 0 saturated heterocycles. The molecule has 1 aromatic heterocycles. The summed E-state index contributed by atoms with van der Waals surface area (Å²) in [5.41, 5.74) is 6.20. The molecule has 0 saturated carbocycles. The Labute approximate surface area is 109 Å². The SMILES string of the molecule is CCC(C)C(N)c1nc2ccc(C(F)(F)F)cc2[nH]1. The molecule has 0 fully saturated rings. The minimum Gasteiger partial charge on any atom is -0.341 e. The van der Waals surface area contributed by atoms with Crippen LogP contribution >= 0.6 is 0 Å². The largest absolute Gasteiger partial charge is 0.416 e. The lowest BCUT2D eigenvalue weighted by Crippen LogP contribution is -2.19. The van der Waals surface area contributed by atoms with Gasteiger partial charge in [0.2, 0.25) is 0 Å². The van der Waals surface area contributed by atoms with Gasteiger partial charge in [-0.1, -0.05) is 20.3 Å². The normalized spacial score (nSPS) is 15.7. The van der Waals surface area contributed by atoms with Gasteiger partial charge in [-0.3, -0.25) is 0 Å². The molecule has 0 aliphatic carbocycles. The number of nitrogens with one attached hydrogen (secondary N) is 1. The highest BCUT2D eigenvalue weighted by Gasteiger charge is 2.30. The minimum atomic E-state index is -4.35. The molecule has 6 heteroatoms. The summed E-state index contributed by atoms with van der Waals surface area (Å²) in [7, 11) is 0. The number of hydrogen-bond donors (Lipinski definition) is 2. The van der Waals surface area contributed by atoms with E-state index >= 15 is 0 Å². The number of aromatic nitrogens is 2. The van der Waals surface area contributed by atoms with Gasteiger partial charge in [-0.25, -0.2) is 4.98 Å². The van der Waals surface area contributed by atoms with Gasteiger partial charge in [0.1, 0.15) is 5.82 Å². The number of hydrogen-bond acceptors (Lipinski definition) is 2. The Morgan fingerprint density at radius 2 is 2.05 bits per heavy atom. The van der Waals surface area contributed by atoms with Gasteiger partial charge in [0, 0.05) is 0 Å². The molecule has 19 heavy (non-hydrogen) atoms. The van der Waals surface area contributed by atoms with Crippen molar-refractivity contribution in [1.82, 2.24) is 9.97 Å². The van der Waals surface area contributed by atoms with E-state index in [1.807, 2.05) is 13.8 Å². The number of nitrogens with zero attached hydrogens (tertiary/aromatic N) is 1. The van der Waals surface area contributed by atoms with Crippen molar-refractivity contribution in [1.29, 1.82) is 0 Å². The average molecular weight is 271 g/mol. The van der Waals surface area contributed by atoms with Gasteiger partial charge in [-0.2, -0.15) is 13.2 Å². The maximum atomic E-state index is 12.6. The number of imidazole rings is 1. The fourth-order valence-electron chi connectivity index (χ4n) is 1.89. The number of H-pyrrole nitrogens is 1. The monoisotopic (exact) mass is 271 g/mol. The molecule has 2 atom stereocenters. The predicted molar refractivity (Wildman–Crippen MR) is 67.5 cm³/mol. The van der Waals surface area contributed by atoms with Crippen LogP contribution in [-0.4, -0.2) is 9.97 Å². The lowest BCUT2D eigenvalue weighted by Gasteiger charge is -2.15. The molecule has 1 aromatic carbocycles. The lowest BCUT2D eigenvalue weighted by atomic mass is 10.00. The number of benzene rings is 1. The van der Waals surface area contributed by atoms with Crippen LogP contribution in [0.5, 0.6) is 0 Å². The maximum absolute atomic E-state index is 12.6. The first-order valence-electron chi connectivity index (χ1n) is 6.15. The molecule has 3 nitrogen and oxygen atoms in total. The topological polar surface area (TPSA) is 54.7 Å². The van der Waals surface area contributed by atoms with Gasteiger partial charge < -0.3 is 10.7 Å². The van der Waals surface area contributed by atoms with Crippen LogP contribution < -0.4 is 5.73 Å². The number of aromatic amines is 1. The zero-order valence-corrected chi connectivity index (χ0v) is 10.8. The zero-order valence-electron chi connectivity index (χ0n) is 10.8. The third-order valence-electron chi connectivity index (χ3n) is 3.40. The number of nitrogens with two attached hydrogens (primary N) is 1. The summed E-state index contributed by atoms with van der Waals surface area (Å²) in [4.78, 5) is 7.14. The van der Waals surface area contributed by atoms with Crippen LogP contribution in [0.15, 0.2) is 18.2 Å². The molecule has 0 amide bonds. The van der Waals surface area contributed by atoms with Crippen molar-refractivity contribution in [2.24, 2.45) is 11.7 Å². The fourth-order valence-corrected chi connectivity index (χ4v) is 1.89. The number of rotatable bonds is 3. The van der Waals surface area contributed by atoms with Gasteiger partial charge >= 0.3 is 6.18 Å². The Balaban J connectivity index is 2.41. The van der Waals surface area contributed by atoms with Gasteiger partial charge in [0.15, 0.2) is 0 Å². The Bertz CT molecular complexity index is 574. The van der Waals surface area contributed by atoms with Crippen LogP contribution in [0.4, 0.5) is 13.2 Å². The predicted octanol–water partition coefficient (Wildman–Crippen LogP) is 3.63. The van der Waals surface area contributed by atoms with E-state index < -0.39 is 11.7 Å². The van der Waals surface area contributed by atoms with Crippen LogP contribution in [0, 0.1) is 5.92 Å². The molecule has 104 valence electrons. The summed E-state index contributed by atoms with van der Waals surface area (Å²) < 4.78 is 37.8. The summed E-state index contributed by atoms with van der Waals surface area (Å²) in [5.74, 6) is 0.742. The Morgan fingerprint density at radius 3 is 2.63 bits per heavy atom. The summed E-state index contributed by atoms with van der Waals surface area (Å²) in [6, 6.07) is 3.16. The van der Waals surface area contributed by atoms with Crippen molar-refractivity contribution in [3.63, 3.8) is 0 Å². The average Bonchev–Trinajstić information content (AvgIpc) is 2.78. The summed E-state index contributed by atoms with van der Waals surface area (Å²) in [5, 5.41) is 0. The van der Waals surface area contributed by atoms with Crippen molar-refractivity contribution in [2.45, 2.75) is 32.5 Å². The van der Waals surface area contributed by atoms with Crippen molar-refractivity contribution >= 4 is 11.0 Å². The standard InChI is InChI=1S/C13H16F3N3/c1-3-7(2)11(17)12-18-9-5-4-8(13(14,15)16)6-10(9)19-12/h4-7,11H,3,17H2,1-2H3,(H,18,19). The number of alkyl halides is 3. The molecular formula is C13H16F3N3. The highest BCUT2D eigenvalue weighted by molar-refractivity contribution is 5.76. The molecule has 3 N–H and O–H groups in total. The molecule has 0 bridgehead atoms. The zero-order chi connectivity index (χ0) is 14.2. The molecule has 1 heterocycles. The van der Waals surface area contributed by atoms with E-state index in [0.29, 0.717) is 16.9 Å². The Morgan fingerprint density at radius 1 is 1.37 bits per heavy atom. The third-order valence-corrected chi connectivity index (χ3v) is 3.40. The van der Waals surface area contributed by atoms with E-state index in [1.165, 1.54) is 6.07 Å². The molecule has 2 aromatic rings. The molecule has 2 unspecified atom stereocenters. The molecule has 0 aliphatic rings. The van der Waals surface area contributed by atoms with Crippen LogP contribution in [0.25, 0.3) is 11.0 Å². The molecule has 0 aliphatic heterocycles. The molecule has 2 rings (SSSR count). The third kappa shape index (κ3) is 2.73. The minimum absolute atomic E-state index is 0.211. The second-order valence-corrected chi connectivity index (χ2v) is 4.76. The summed E-state index contributed by atoms with van der Waals surface area (Å²) in [6.45, 7) is 3.99. The van der Waals surface area contributed by atoms with Crippen LogP contribution in [0.2, 0.25) is 0 Å². The van der Waals surface area contributed by atoms with Crippen LogP contribution in [0.1, 0.15) is 37.7 Å². The highest BCUT2D eigenvalue weighted by Crippen LogP contribution is 2.31. The Kier molecular flexibility index (Phi) is 3.54. The first-order chi connectivity index (χ1) is 8.82. The van der Waals surface area contributed by atoms with E-state index in [1.54, 1.807) is 0 Å². The van der Waals surface area contributed by atoms with E-state index in [0.717, 1.165) is 18.6 Å². The maximum Gasteiger partial charge on any atom is 0.416 e. The van der Waals surface area contributed by atoms with Crippen molar-refractivity contribution in [3.8, 4) is 0 Å². The van der Waals surface area contributed by atoms with Gasteiger partial charge in [0.25, 0.3) is 0 Å². The van der Waals surface area contributed by atoms with Crippen LogP contribution in [0.3, 0.4) is 0 Å². The molecule has 0 radical (unpaired) electrons. The fraction of sp³-hybridized carbons (Fsp3) is 0.462. The molecular weight excluding hydrogens is 255 g/mol. The van der Waals surface area contributed by atoms with E-state index in [4.69, 9.17) is 5.73 Å². The van der Waals surface area contributed by atoms with Gasteiger partial charge in [-0.15, -0.1) is 0 Å².